The third-order valence-electron chi connectivity index (χ3n) is 5.81. The summed E-state index contributed by atoms with van der Waals surface area (Å²) in [5.74, 6) is -0.244. The van der Waals surface area contributed by atoms with Crippen LogP contribution in [0.4, 0.5) is 10.1 Å². The van der Waals surface area contributed by atoms with E-state index in [-0.39, 0.29) is 17.0 Å². The number of carbonyl (C=O) groups excluding carboxylic acids is 1. The molecule has 0 spiro atoms. The van der Waals surface area contributed by atoms with Crippen molar-refractivity contribution in [3.63, 3.8) is 0 Å². The number of methoxy groups -OCH3 is 1. The number of halogens is 1. The van der Waals surface area contributed by atoms with Crippen molar-refractivity contribution in [2.75, 3.05) is 12.4 Å². The van der Waals surface area contributed by atoms with Crippen molar-refractivity contribution in [3.05, 3.63) is 93.6 Å². The first-order chi connectivity index (χ1) is 17.4. The monoisotopic (exact) mass is 504 g/mol. The first-order valence-corrected chi connectivity index (χ1v) is 11.8. The second-order valence-corrected chi connectivity index (χ2v) is 8.87. The van der Waals surface area contributed by atoms with Crippen molar-refractivity contribution >= 4 is 33.8 Å². The van der Waals surface area contributed by atoms with Gasteiger partial charge in [-0.3, -0.25) is 19.3 Å². The highest BCUT2D eigenvalue weighted by Crippen LogP contribution is 2.33. The summed E-state index contributed by atoms with van der Waals surface area (Å²) in [6.07, 6.45) is 1.56. The molecule has 0 atom stereocenters. The molecule has 0 radical (unpaired) electrons. The Morgan fingerprint density at radius 3 is 2.67 bits per heavy atom. The predicted molar refractivity (Wildman–Crippen MR) is 136 cm³/mol. The SMILES string of the molecule is COc1ccc2c(Oc3ccc(NC(=O)c4c(C)n(C)n(-c5cccs5)c4=O)cc3F)ccnc2c1. The molecule has 0 saturated carbocycles. The summed E-state index contributed by atoms with van der Waals surface area (Å²) in [6.45, 7) is 1.69. The summed E-state index contributed by atoms with van der Waals surface area (Å²) in [5, 5.41) is 5.85. The largest absolute Gasteiger partial charge is 0.497 e. The molecule has 1 N–H and O–H groups in total. The van der Waals surface area contributed by atoms with Gasteiger partial charge < -0.3 is 14.8 Å². The molecule has 0 unspecified atom stereocenters. The Hall–Kier alpha value is -4.44. The Balaban J connectivity index is 1.39. The molecule has 1 amide bonds. The van der Waals surface area contributed by atoms with Gasteiger partial charge in [-0.05, 0) is 54.8 Å². The number of pyridine rings is 1. The third-order valence-corrected chi connectivity index (χ3v) is 6.66. The van der Waals surface area contributed by atoms with Crippen LogP contribution in [0.15, 0.2) is 71.0 Å². The van der Waals surface area contributed by atoms with E-state index in [2.05, 4.69) is 10.3 Å². The standard InChI is InChI=1S/C26H21FN4O4S/c1-15-24(26(33)31(30(15)2)23-5-4-12-36-23)25(32)29-16-6-9-22(19(27)13-16)35-21-10-11-28-20-14-17(34-3)7-8-18(20)21/h4-14H,1-3H3,(H,29,32). The van der Waals surface area contributed by atoms with Gasteiger partial charge in [-0.1, -0.05) is 0 Å². The minimum absolute atomic E-state index is 0.00896. The number of fused-ring (bicyclic) bond motifs is 1. The maximum atomic E-state index is 14.9. The Morgan fingerprint density at radius 2 is 1.94 bits per heavy atom. The van der Waals surface area contributed by atoms with Crippen LogP contribution in [0.1, 0.15) is 16.1 Å². The molecule has 0 bridgehead atoms. The third kappa shape index (κ3) is 4.11. The molecule has 2 aromatic carbocycles. The molecule has 182 valence electrons. The molecule has 0 aliphatic rings. The molecular formula is C26H21FN4O4S. The number of hydrogen-bond acceptors (Lipinski definition) is 6. The van der Waals surface area contributed by atoms with Gasteiger partial charge in [0.05, 0.1) is 18.3 Å². The van der Waals surface area contributed by atoms with Crippen molar-refractivity contribution in [2.24, 2.45) is 7.05 Å². The minimum Gasteiger partial charge on any atom is -0.497 e. The van der Waals surface area contributed by atoms with Gasteiger partial charge in [-0.15, -0.1) is 11.3 Å². The average Bonchev–Trinajstić information content (AvgIpc) is 3.46. The van der Waals surface area contributed by atoms with Gasteiger partial charge >= 0.3 is 0 Å². The zero-order chi connectivity index (χ0) is 25.4. The molecule has 36 heavy (non-hydrogen) atoms. The Labute approximate surface area is 209 Å². The molecule has 3 heterocycles. The smallest absolute Gasteiger partial charge is 0.285 e. The summed E-state index contributed by atoms with van der Waals surface area (Å²) < 4.78 is 29.0. The summed E-state index contributed by atoms with van der Waals surface area (Å²) >= 11 is 1.39. The number of amides is 1. The molecule has 5 rings (SSSR count). The number of carbonyl (C=O) groups is 1. The molecule has 0 aliphatic heterocycles. The van der Waals surface area contributed by atoms with Crippen LogP contribution < -0.4 is 20.3 Å². The van der Waals surface area contributed by atoms with Crippen LogP contribution in [-0.2, 0) is 7.05 Å². The van der Waals surface area contributed by atoms with Gasteiger partial charge in [0.2, 0.25) is 0 Å². The Kier molecular flexibility index (Phi) is 6.03. The molecule has 3 aromatic heterocycles. The average molecular weight is 505 g/mol. The van der Waals surface area contributed by atoms with Gasteiger partial charge in [0, 0.05) is 36.5 Å². The van der Waals surface area contributed by atoms with Crippen molar-refractivity contribution in [2.45, 2.75) is 6.92 Å². The van der Waals surface area contributed by atoms with Gasteiger partial charge in [-0.25, -0.2) is 9.07 Å². The number of nitrogens with zero attached hydrogens (tertiary/aromatic N) is 3. The zero-order valence-electron chi connectivity index (χ0n) is 19.6. The summed E-state index contributed by atoms with van der Waals surface area (Å²) in [6, 6.07) is 14.7. The normalized spacial score (nSPS) is 11.0. The molecular weight excluding hydrogens is 483 g/mol. The number of ether oxygens (including phenoxy) is 2. The number of aromatic nitrogens is 3. The maximum Gasteiger partial charge on any atom is 0.285 e. The van der Waals surface area contributed by atoms with Crippen LogP contribution in [0, 0.1) is 12.7 Å². The number of benzene rings is 2. The van der Waals surface area contributed by atoms with Crippen LogP contribution in [0.3, 0.4) is 0 Å². The molecule has 0 aliphatic carbocycles. The fourth-order valence-corrected chi connectivity index (χ4v) is 4.66. The lowest BCUT2D eigenvalue weighted by atomic mass is 10.2. The molecule has 10 heteroatoms. The van der Waals surface area contributed by atoms with E-state index in [1.807, 2.05) is 11.4 Å². The van der Waals surface area contributed by atoms with Crippen LogP contribution in [0.25, 0.3) is 15.9 Å². The topological polar surface area (TPSA) is 87.4 Å². The number of hydrogen-bond donors (Lipinski definition) is 1. The fraction of sp³-hybridized carbons (Fsp3) is 0.115. The molecule has 0 saturated heterocycles. The van der Waals surface area contributed by atoms with E-state index >= 15 is 0 Å². The van der Waals surface area contributed by atoms with Gasteiger partial charge in [0.25, 0.3) is 11.5 Å². The van der Waals surface area contributed by atoms with E-state index in [0.29, 0.717) is 33.1 Å². The zero-order valence-corrected chi connectivity index (χ0v) is 20.4. The first kappa shape index (κ1) is 23.3. The van der Waals surface area contributed by atoms with E-state index in [0.717, 1.165) is 6.07 Å². The maximum absolute atomic E-state index is 14.9. The van der Waals surface area contributed by atoms with Gasteiger partial charge in [0.1, 0.15) is 22.1 Å². The van der Waals surface area contributed by atoms with Crippen molar-refractivity contribution in [3.8, 4) is 22.2 Å². The Morgan fingerprint density at radius 1 is 1.11 bits per heavy atom. The second kappa shape index (κ2) is 9.31. The first-order valence-electron chi connectivity index (χ1n) is 10.9. The van der Waals surface area contributed by atoms with E-state index < -0.39 is 17.3 Å². The lowest BCUT2D eigenvalue weighted by Crippen LogP contribution is -2.24. The lowest BCUT2D eigenvalue weighted by Gasteiger charge is -2.11. The number of thiophene rings is 1. The summed E-state index contributed by atoms with van der Waals surface area (Å²) in [5.41, 5.74) is 0.872. The van der Waals surface area contributed by atoms with E-state index in [1.54, 1.807) is 62.3 Å². The molecule has 5 aromatic rings. The highest BCUT2D eigenvalue weighted by molar-refractivity contribution is 7.12. The second-order valence-electron chi connectivity index (χ2n) is 7.95. The van der Waals surface area contributed by atoms with E-state index in [4.69, 9.17) is 9.47 Å². The lowest BCUT2D eigenvalue weighted by molar-refractivity contribution is 0.102. The summed E-state index contributed by atoms with van der Waals surface area (Å²) in [4.78, 5) is 30.3. The molecule has 0 fully saturated rings. The van der Waals surface area contributed by atoms with Crippen LogP contribution in [0.2, 0.25) is 0 Å². The van der Waals surface area contributed by atoms with Gasteiger partial charge in [0.15, 0.2) is 11.6 Å². The van der Waals surface area contributed by atoms with Crippen molar-refractivity contribution in [1.29, 1.82) is 0 Å². The van der Waals surface area contributed by atoms with E-state index in [1.165, 1.54) is 28.2 Å². The Bertz CT molecular complexity index is 1660. The van der Waals surface area contributed by atoms with Crippen LogP contribution >= 0.6 is 11.3 Å². The summed E-state index contributed by atoms with van der Waals surface area (Å²) in [7, 11) is 3.27. The van der Waals surface area contributed by atoms with E-state index in [9.17, 15) is 14.0 Å². The van der Waals surface area contributed by atoms with Crippen molar-refractivity contribution in [1.82, 2.24) is 14.3 Å². The van der Waals surface area contributed by atoms with Crippen LogP contribution in [0.5, 0.6) is 17.2 Å². The number of rotatable bonds is 6. The predicted octanol–water partition coefficient (Wildman–Crippen LogP) is 5.29. The minimum atomic E-state index is -0.674. The van der Waals surface area contributed by atoms with Gasteiger partial charge in [-0.2, -0.15) is 0 Å². The van der Waals surface area contributed by atoms with Crippen LogP contribution in [-0.4, -0.2) is 27.4 Å². The molecule has 8 nitrogen and oxygen atoms in total. The highest BCUT2D eigenvalue weighted by atomic mass is 32.1. The fourth-order valence-electron chi connectivity index (χ4n) is 3.90. The number of anilines is 1. The highest BCUT2D eigenvalue weighted by Gasteiger charge is 2.23. The quantitative estimate of drug-likeness (QED) is 0.340. The van der Waals surface area contributed by atoms with Crippen molar-refractivity contribution < 1.29 is 18.7 Å². The number of nitrogens with one attached hydrogen (secondary N) is 1.